The maximum absolute atomic E-state index is 12.8. The Balaban J connectivity index is 4.18. The molecule has 0 saturated heterocycles. The molecule has 0 aliphatic carbocycles. The fraction of sp³-hybridized carbons (Fsp3) is 0.873. The van der Waals surface area contributed by atoms with Gasteiger partial charge in [-0.15, -0.1) is 0 Å². The van der Waals surface area contributed by atoms with Crippen LogP contribution in [0.3, 0.4) is 0 Å². The largest absolute Gasteiger partial charge is 0.544 e. The first-order chi connectivity index (χ1) is 30.6. The first-order valence-electron chi connectivity index (χ1n) is 26.9. The van der Waals surface area contributed by atoms with E-state index >= 15 is 0 Å². The van der Waals surface area contributed by atoms with Gasteiger partial charge in [0.15, 0.2) is 6.10 Å². The quantitative estimate of drug-likeness (QED) is 0.0259. The van der Waals surface area contributed by atoms with Crippen molar-refractivity contribution in [2.24, 2.45) is 0 Å². The molecule has 8 heteroatoms. The first-order valence-corrected chi connectivity index (χ1v) is 26.9. The van der Waals surface area contributed by atoms with Crippen LogP contribution < -0.4 is 5.11 Å². The highest BCUT2D eigenvalue weighted by molar-refractivity contribution is 5.70. The molecule has 0 N–H and O–H groups in total. The van der Waals surface area contributed by atoms with Gasteiger partial charge in [0.2, 0.25) is 0 Å². The van der Waals surface area contributed by atoms with Crippen LogP contribution in [0.2, 0.25) is 0 Å². The first kappa shape index (κ1) is 60.8. The maximum atomic E-state index is 12.8. The molecule has 0 amide bonds. The van der Waals surface area contributed by atoms with Crippen molar-refractivity contribution >= 4 is 17.9 Å². The van der Waals surface area contributed by atoms with Gasteiger partial charge >= 0.3 is 11.9 Å². The Morgan fingerprint density at radius 2 is 0.841 bits per heavy atom. The Hall–Kier alpha value is -2.19. The van der Waals surface area contributed by atoms with Gasteiger partial charge in [0.25, 0.3) is 0 Å². The molecule has 0 aliphatic rings. The van der Waals surface area contributed by atoms with Gasteiger partial charge in [-0.25, -0.2) is 0 Å². The SMILES string of the molecule is CCCCCCC/C=C\C/C=C\CCCCCCCCCCCCCC(=O)OC(COCCC(C(=O)[O-])[N+](C)(C)C)COC(=O)CCCCCCCCCCCCCCCCCC. The Labute approximate surface area is 390 Å². The van der Waals surface area contributed by atoms with E-state index in [9.17, 15) is 19.5 Å². The van der Waals surface area contributed by atoms with Gasteiger partial charge in [0.1, 0.15) is 12.6 Å². The monoisotopic (exact) mass is 890 g/mol. The number of quaternary nitrogens is 1. The molecule has 0 rings (SSSR count). The topological polar surface area (TPSA) is 102 Å². The number of carboxylic acids is 1. The Bertz CT molecular complexity index is 1080. The summed E-state index contributed by atoms with van der Waals surface area (Å²) in [7, 11) is 5.43. The van der Waals surface area contributed by atoms with Crippen molar-refractivity contribution in [1.29, 1.82) is 0 Å². The molecule has 8 nitrogen and oxygen atoms in total. The third kappa shape index (κ3) is 44.8. The highest BCUT2D eigenvalue weighted by Gasteiger charge is 2.25. The average molecular weight is 890 g/mol. The number of aliphatic carboxylic acids is 1. The number of allylic oxidation sites excluding steroid dienone is 4. The molecule has 0 fully saturated rings. The Morgan fingerprint density at radius 1 is 0.476 bits per heavy atom. The maximum Gasteiger partial charge on any atom is 0.306 e. The second-order valence-corrected chi connectivity index (χ2v) is 19.5. The van der Waals surface area contributed by atoms with Gasteiger partial charge in [-0.3, -0.25) is 9.59 Å². The smallest absolute Gasteiger partial charge is 0.306 e. The average Bonchev–Trinajstić information content (AvgIpc) is 3.24. The molecule has 0 bridgehead atoms. The summed E-state index contributed by atoms with van der Waals surface area (Å²) in [4.78, 5) is 37.1. The zero-order valence-corrected chi connectivity index (χ0v) is 42.3. The van der Waals surface area contributed by atoms with E-state index in [1.165, 1.54) is 180 Å². The van der Waals surface area contributed by atoms with Crippen molar-refractivity contribution in [1.82, 2.24) is 0 Å². The van der Waals surface area contributed by atoms with Gasteiger partial charge in [-0.2, -0.15) is 0 Å². The van der Waals surface area contributed by atoms with E-state index < -0.39 is 18.1 Å². The van der Waals surface area contributed by atoms with Crippen molar-refractivity contribution in [2.75, 3.05) is 41.0 Å². The zero-order chi connectivity index (χ0) is 46.3. The molecule has 0 aromatic carbocycles. The van der Waals surface area contributed by atoms with Crippen LogP contribution in [-0.4, -0.2) is 75.5 Å². The molecule has 0 radical (unpaired) electrons. The van der Waals surface area contributed by atoms with Crippen molar-refractivity contribution in [3.05, 3.63) is 24.3 Å². The van der Waals surface area contributed by atoms with Gasteiger partial charge < -0.3 is 28.6 Å². The Kier molecular flexibility index (Phi) is 44.7. The van der Waals surface area contributed by atoms with Crippen LogP contribution in [0.1, 0.15) is 258 Å². The summed E-state index contributed by atoms with van der Waals surface area (Å²) < 4.78 is 17.3. The number of ether oxygens (including phenoxy) is 3. The molecule has 0 heterocycles. The van der Waals surface area contributed by atoms with E-state index in [0.717, 1.165) is 44.9 Å². The summed E-state index contributed by atoms with van der Waals surface area (Å²) in [5.74, 6) is -1.72. The molecular weight excluding hydrogens is 787 g/mol. The number of hydrogen-bond acceptors (Lipinski definition) is 7. The number of carbonyl (C=O) groups is 3. The van der Waals surface area contributed by atoms with Crippen molar-refractivity contribution in [2.45, 2.75) is 270 Å². The van der Waals surface area contributed by atoms with E-state index in [1.54, 1.807) is 0 Å². The van der Waals surface area contributed by atoms with Gasteiger partial charge in [-0.05, 0) is 44.9 Å². The zero-order valence-electron chi connectivity index (χ0n) is 42.3. The molecule has 0 aromatic rings. The fourth-order valence-corrected chi connectivity index (χ4v) is 8.16. The standard InChI is InChI=1S/C55H103NO7/c1-6-8-10-12-14-16-18-20-22-24-25-26-27-28-29-30-32-34-36-38-40-42-44-46-54(58)63-51(49-61-48-47-52(55(59)60)56(3,4)5)50-62-53(57)45-43-41-39-37-35-33-31-23-21-19-17-15-13-11-9-7-2/h18,20,24-25,51-52H,6-17,19,21-23,26-50H2,1-5H3/b20-18-,25-24-. The molecule has 2 atom stereocenters. The number of likely N-dealkylation sites (N-methyl/N-ethyl adjacent to an activating group) is 1. The lowest BCUT2D eigenvalue weighted by molar-refractivity contribution is -0.889. The van der Waals surface area contributed by atoms with Crippen LogP contribution in [0.15, 0.2) is 24.3 Å². The third-order valence-electron chi connectivity index (χ3n) is 12.3. The second-order valence-electron chi connectivity index (χ2n) is 19.5. The highest BCUT2D eigenvalue weighted by Crippen LogP contribution is 2.16. The molecule has 0 aliphatic heterocycles. The van der Waals surface area contributed by atoms with E-state index in [2.05, 4.69) is 38.2 Å². The summed E-state index contributed by atoms with van der Waals surface area (Å²) in [5, 5.41) is 11.7. The van der Waals surface area contributed by atoms with Crippen LogP contribution in [0.25, 0.3) is 0 Å². The van der Waals surface area contributed by atoms with Gasteiger partial charge in [0, 0.05) is 19.3 Å². The number of rotatable bonds is 49. The Morgan fingerprint density at radius 3 is 1.22 bits per heavy atom. The number of esters is 2. The predicted octanol–water partition coefficient (Wildman–Crippen LogP) is 14.3. The number of carbonyl (C=O) groups excluding carboxylic acids is 3. The molecule has 0 aromatic heterocycles. The number of nitrogens with zero attached hydrogens (tertiary/aromatic N) is 1. The second kappa shape index (κ2) is 46.3. The summed E-state index contributed by atoms with van der Waals surface area (Å²) >= 11 is 0. The van der Waals surface area contributed by atoms with Gasteiger partial charge in [0.05, 0.1) is 40.3 Å². The lowest BCUT2D eigenvalue weighted by atomic mass is 10.0. The fourth-order valence-electron chi connectivity index (χ4n) is 8.16. The lowest BCUT2D eigenvalue weighted by Crippen LogP contribution is -2.55. The minimum Gasteiger partial charge on any atom is -0.544 e. The van der Waals surface area contributed by atoms with Crippen LogP contribution in [0, 0.1) is 0 Å². The molecule has 2 unspecified atom stereocenters. The third-order valence-corrected chi connectivity index (χ3v) is 12.3. The normalized spacial score (nSPS) is 13.0. The minimum absolute atomic E-state index is 0.0449. The number of unbranched alkanes of at least 4 members (excludes halogenated alkanes) is 31. The van der Waals surface area contributed by atoms with Crippen molar-refractivity contribution < 1.29 is 38.2 Å². The highest BCUT2D eigenvalue weighted by atomic mass is 16.6. The molecule has 0 spiro atoms. The van der Waals surface area contributed by atoms with Crippen molar-refractivity contribution in [3.8, 4) is 0 Å². The molecule has 63 heavy (non-hydrogen) atoms. The summed E-state index contributed by atoms with van der Waals surface area (Å²) in [6.07, 6.45) is 53.5. The predicted molar refractivity (Wildman–Crippen MR) is 264 cm³/mol. The summed E-state index contributed by atoms with van der Waals surface area (Å²) in [6.45, 7) is 4.70. The van der Waals surface area contributed by atoms with E-state index in [-0.39, 0.29) is 42.7 Å². The summed E-state index contributed by atoms with van der Waals surface area (Å²) in [6, 6.07) is -0.724. The van der Waals surface area contributed by atoms with Crippen LogP contribution in [0.4, 0.5) is 0 Å². The minimum atomic E-state index is -1.12. The number of carboxylic acid groups (broad SMARTS) is 1. The van der Waals surface area contributed by atoms with Crippen LogP contribution >= 0.6 is 0 Å². The van der Waals surface area contributed by atoms with Gasteiger partial charge in [-0.1, -0.05) is 218 Å². The number of hydrogen-bond donors (Lipinski definition) is 0. The van der Waals surface area contributed by atoms with Crippen LogP contribution in [-0.2, 0) is 28.6 Å². The molecule has 0 saturated carbocycles. The van der Waals surface area contributed by atoms with E-state index in [4.69, 9.17) is 14.2 Å². The van der Waals surface area contributed by atoms with Crippen molar-refractivity contribution in [3.63, 3.8) is 0 Å². The molecular formula is C55H103NO7. The molecule has 370 valence electrons. The van der Waals surface area contributed by atoms with E-state index in [0.29, 0.717) is 12.8 Å². The van der Waals surface area contributed by atoms with Crippen LogP contribution in [0.5, 0.6) is 0 Å². The summed E-state index contributed by atoms with van der Waals surface area (Å²) in [5.41, 5.74) is 0. The lowest BCUT2D eigenvalue weighted by Gasteiger charge is -2.34. The van der Waals surface area contributed by atoms with E-state index in [1.807, 2.05) is 21.1 Å².